The van der Waals surface area contributed by atoms with Crippen LogP contribution in [0.5, 0.6) is 5.75 Å². The molecule has 0 bridgehead atoms. The van der Waals surface area contributed by atoms with E-state index in [0.717, 1.165) is 11.3 Å². The van der Waals surface area contributed by atoms with E-state index in [2.05, 4.69) is 24.5 Å². The molecule has 0 aromatic heterocycles. The summed E-state index contributed by atoms with van der Waals surface area (Å²) in [6.45, 7) is 9.66. The maximum absolute atomic E-state index is 11.9. The van der Waals surface area contributed by atoms with Gasteiger partial charge < -0.3 is 15.4 Å². The Morgan fingerprint density at radius 2 is 1.82 bits per heavy atom. The Morgan fingerprint density at radius 3 is 2.32 bits per heavy atom. The van der Waals surface area contributed by atoms with E-state index in [-0.39, 0.29) is 23.9 Å². The summed E-state index contributed by atoms with van der Waals surface area (Å²) in [7, 11) is 1.84. The number of hydrogen-bond acceptors (Lipinski definition) is 3. The molecule has 0 saturated carbocycles. The molecule has 1 aromatic carbocycles. The molecule has 5 heteroatoms. The average Bonchev–Trinajstić information content (AvgIpc) is 2.43. The molecular formula is C17H29ClN2O2. The molecule has 1 aromatic rings. The number of hydrogen-bond donors (Lipinski definition) is 2. The summed E-state index contributed by atoms with van der Waals surface area (Å²) in [4.78, 5) is 11.9. The standard InChI is InChI=1S/C17H28N2O2.ClH/c1-13(2)12-21-15-8-6-14(7-9-15)17(3,4)19-16(20)10-11-18-5;/h6-9,13,18H,10-12H2,1-5H3,(H,19,20);1H. The van der Waals surface area contributed by atoms with Gasteiger partial charge >= 0.3 is 0 Å². The minimum absolute atomic E-state index is 0. The molecule has 0 fully saturated rings. The molecule has 22 heavy (non-hydrogen) atoms. The molecule has 0 aliphatic rings. The molecule has 1 rings (SSSR count). The quantitative estimate of drug-likeness (QED) is 0.771. The van der Waals surface area contributed by atoms with Gasteiger partial charge in [-0.25, -0.2) is 0 Å². The second-order valence-electron chi connectivity index (χ2n) is 6.26. The highest BCUT2D eigenvalue weighted by Gasteiger charge is 2.22. The molecule has 0 aliphatic heterocycles. The van der Waals surface area contributed by atoms with Crippen molar-refractivity contribution in [1.82, 2.24) is 10.6 Å². The number of halogens is 1. The SMILES string of the molecule is CNCCC(=O)NC(C)(C)c1ccc(OCC(C)C)cc1.Cl. The van der Waals surface area contributed by atoms with Gasteiger partial charge in [-0.2, -0.15) is 0 Å². The Bertz CT molecular complexity index is 444. The summed E-state index contributed by atoms with van der Waals surface area (Å²) < 4.78 is 5.67. The number of rotatable bonds is 8. The summed E-state index contributed by atoms with van der Waals surface area (Å²) in [5.74, 6) is 1.42. The molecule has 0 heterocycles. The first-order chi connectivity index (χ1) is 9.85. The molecule has 0 unspecified atom stereocenters. The molecule has 0 aliphatic carbocycles. The van der Waals surface area contributed by atoms with E-state index >= 15 is 0 Å². The third-order valence-corrected chi connectivity index (χ3v) is 3.21. The van der Waals surface area contributed by atoms with Crippen molar-refractivity contribution >= 4 is 18.3 Å². The van der Waals surface area contributed by atoms with E-state index in [1.54, 1.807) is 0 Å². The van der Waals surface area contributed by atoms with Crippen LogP contribution in [0, 0.1) is 5.92 Å². The maximum Gasteiger partial charge on any atom is 0.221 e. The van der Waals surface area contributed by atoms with Crippen LogP contribution in [0.4, 0.5) is 0 Å². The highest BCUT2D eigenvalue weighted by atomic mass is 35.5. The van der Waals surface area contributed by atoms with Crippen LogP contribution in [0.15, 0.2) is 24.3 Å². The van der Waals surface area contributed by atoms with Gasteiger partial charge in [0, 0.05) is 13.0 Å². The van der Waals surface area contributed by atoms with E-state index < -0.39 is 0 Å². The van der Waals surface area contributed by atoms with E-state index in [1.807, 2.05) is 45.2 Å². The summed E-state index contributed by atoms with van der Waals surface area (Å²) >= 11 is 0. The van der Waals surface area contributed by atoms with E-state index in [9.17, 15) is 4.79 Å². The van der Waals surface area contributed by atoms with Gasteiger partial charge in [0.1, 0.15) is 5.75 Å². The second kappa shape index (κ2) is 9.70. The first-order valence-electron chi connectivity index (χ1n) is 7.54. The summed E-state index contributed by atoms with van der Waals surface area (Å²) in [5, 5.41) is 6.03. The third kappa shape index (κ3) is 7.14. The topological polar surface area (TPSA) is 50.4 Å². The zero-order valence-corrected chi connectivity index (χ0v) is 15.0. The number of amides is 1. The Kier molecular flexibility index (Phi) is 9.14. The first kappa shape index (κ1) is 20.7. The predicted molar refractivity (Wildman–Crippen MR) is 93.7 cm³/mol. The number of ether oxygens (including phenoxy) is 1. The molecule has 0 spiro atoms. The van der Waals surface area contributed by atoms with Gasteiger partial charge in [0.2, 0.25) is 5.91 Å². The van der Waals surface area contributed by atoms with E-state index in [0.29, 0.717) is 25.5 Å². The van der Waals surface area contributed by atoms with Crippen molar-refractivity contribution in [2.45, 2.75) is 39.7 Å². The van der Waals surface area contributed by atoms with Crippen molar-refractivity contribution in [2.24, 2.45) is 5.92 Å². The summed E-state index contributed by atoms with van der Waals surface area (Å²) in [6, 6.07) is 7.93. The van der Waals surface area contributed by atoms with Gasteiger partial charge in [0.15, 0.2) is 0 Å². The zero-order chi connectivity index (χ0) is 15.9. The first-order valence-corrected chi connectivity index (χ1v) is 7.54. The summed E-state index contributed by atoms with van der Waals surface area (Å²) in [6.07, 6.45) is 0.482. The average molecular weight is 329 g/mol. The maximum atomic E-state index is 11.9. The van der Waals surface area contributed by atoms with Gasteiger partial charge in [-0.3, -0.25) is 4.79 Å². The fourth-order valence-electron chi connectivity index (χ4n) is 1.95. The highest BCUT2D eigenvalue weighted by molar-refractivity contribution is 5.85. The Labute approximate surface area is 140 Å². The lowest BCUT2D eigenvalue weighted by Crippen LogP contribution is -2.41. The van der Waals surface area contributed by atoms with Gasteiger partial charge in [0.05, 0.1) is 12.1 Å². The lowest BCUT2D eigenvalue weighted by Gasteiger charge is -2.27. The van der Waals surface area contributed by atoms with Crippen LogP contribution in [-0.4, -0.2) is 26.1 Å². The molecule has 2 N–H and O–H groups in total. The fourth-order valence-corrected chi connectivity index (χ4v) is 1.95. The van der Waals surface area contributed by atoms with Crippen LogP contribution in [0.2, 0.25) is 0 Å². The Hall–Kier alpha value is -1.26. The number of carbonyl (C=O) groups is 1. The largest absolute Gasteiger partial charge is 0.493 e. The van der Waals surface area contributed by atoms with Crippen molar-refractivity contribution in [1.29, 1.82) is 0 Å². The van der Waals surface area contributed by atoms with Crippen molar-refractivity contribution in [3.05, 3.63) is 29.8 Å². The minimum Gasteiger partial charge on any atom is -0.493 e. The van der Waals surface area contributed by atoms with E-state index in [1.165, 1.54) is 0 Å². The molecule has 1 amide bonds. The number of nitrogens with one attached hydrogen (secondary N) is 2. The van der Waals surface area contributed by atoms with Crippen molar-refractivity contribution in [3.8, 4) is 5.75 Å². The highest BCUT2D eigenvalue weighted by Crippen LogP contribution is 2.23. The van der Waals surface area contributed by atoms with Crippen LogP contribution >= 0.6 is 12.4 Å². The van der Waals surface area contributed by atoms with Gasteiger partial charge in [-0.05, 0) is 44.5 Å². The van der Waals surface area contributed by atoms with Gasteiger partial charge in [-0.15, -0.1) is 12.4 Å². The fraction of sp³-hybridized carbons (Fsp3) is 0.588. The van der Waals surface area contributed by atoms with E-state index in [4.69, 9.17) is 4.74 Å². The van der Waals surface area contributed by atoms with Crippen molar-refractivity contribution in [3.63, 3.8) is 0 Å². The van der Waals surface area contributed by atoms with Crippen molar-refractivity contribution in [2.75, 3.05) is 20.2 Å². The third-order valence-electron chi connectivity index (χ3n) is 3.21. The molecule has 0 atom stereocenters. The molecule has 0 saturated heterocycles. The number of carbonyl (C=O) groups excluding carboxylic acids is 1. The smallest absolute Gasteiger partial charge is 0.221 e. The normalized spacial score (nSPS) is 11.0. The monoisotopic (exact) mass is 328 g/mol. The summed E-state index contributed by atoms with van der Waals surface area (Å²) in [5.41, 5.74) is 0.679. The lowest BCUT2D eigenvalue weighted by atomic mass is 9.94. The molecule has 126 valence electrons. The Balaban J connectivity index is 0.00000441. The molecular weight excluding hydrogens is 300 g/mol. The lowest BCUT2D eigenvalue weighted by molar-refractivity contribution is -0.122. The predicted octanol–water partition coefficient (Wildman–Crippen LogP) is 3.10. The number of benzene rings is 1. The minimum atomic E-state index is -0.387. The van der Waals surface area contributed by atoms with Crippen LogP contribution in [0.25, 0.3) is 0 Å². The van der Waals surface area contributed by atoms with Gasteiger partial charge in [-0.1, -0.05) is 26.0 Å². The van der Waals surface area contributed by atoms with Gasteiger partial charge in [0.25, 0.3) is 0 Å². The molecule has 0 radical (unpaired) electrons. The molecule has 4 nitrogen and oxygen atoms in total. The zero-order valence-electron chi connectivity index (χ0n) is 14.2. The van der Waals surface area contributed by atoms with Crippen LogP contribution in [0.3, 0.4) is 0 Å². The second-order valence-corrected chi connectivity index (χ2v) is 6.26. The van der Waals surface area contributed by atoms with Crippen molar-refractivity contribution < 1.29 is 9.53 Å². The van der Waals surface area contributed by atoms with Crippen LogP contribution in [0.1, 0.15) is 39.7 Å². The van der Waals surface area contributed by atoms with Crippen LogP contribution < -0.4 is 15.4 Å². The van der Waals surface area contributed by atoms with Crippen LogP contribution in [-0.2, 0) is 10.3 Å². The Morgan fingerprint density at radius 1 is 1.23 bits per heavy atom.